The zero-order chi connectivity index (χ0) is 40.7. The van der Waals surface area contributed by atoms with Gasteiger partial charge in [0.1, 0.15) is 11.9 Å². The highest BCUT2D eigenvalue weighted by molar-refractivity contribution is 7.90. The Morgan fingerprint density at radius 3 is 2.49 bits per heavy atom. The van der Waals surface area contributed by atoms with Gasteiger partial charge in [-0.2, -0.15) is 13.2 Å². The lowest BCUT2D eigenvalue weighted by Gasteiger charge is -2.34. The van der Waals surface area contributed by atoms with E-state index in [1.54, 1.807) is 18.2 Å². The molecule has 4 fully saturated rings. The number of piperidine rings is 1. The summed E-state index contributed by atoms with van der Waals surface area (Å²) in [4.78, 5) is 63.9. The predicted molar refractivity (Wildman–Crippen MR) is 204 cm³/mol. The number of alkyl halides is 3. The molecule has 2 aliphatic carbocycles. The summed E-state index contributed by atoms with van der Waals surface area (Å²) in [6, 6.07) is 4.05. The summed E-state index contributed by atoms with van der Waals surface area (Å²) in [6.07, 6.45) is 3.62. The van der Waals surface area contributed by atoms with E-state index in [1.807, 2.05) is 12.2 Å². The summed E-state index contributed by atoms with van der Waals surface area (Å²) in [5, 5.41) is 0.893. The van der Waals surface area contributed by atoms with E-state index in [0.29, 0.717) is 53.6 Å². The van der Waals surface area contributed by atoms with E-state index in [9.17, 15) is 40.8 Å². The van der Waals surface area contributed by atoms with Crippen molar-refractivity contribution in [3.8, 4) is 11.6 Å². The average Bonchev–Trinajstić information content (AvgIpc) is 4.10. The number of likely N-dealkylation sites (tertiary alicyclic amines) is 1. The number of carbonyl (C=O) groups is 4. The number of hydrogen-bond donors (Lipinski definition) is 1. The van der Waals surface area contributed by atoms with Gasteiger partial charge in [-0.25, -0.2) is 13.4 Å². The Morgan fingerprint density at radius 1 is 1.04 bits per heavy atom. The van der Waals surface area contributed by atoms with Crippen molar-refractivity contribution in [3.05, 3.63) is 41.6 Å². The van der Waals surface area contributed by atoms with Crippen molar-refractivity contribution in [2.45, 2.75) is 107 Å². The van der Waals surface area contributed by atoms with E-state index in [0.717, 1.165) is 12.8 Å². The molecule has 2 saturated carbocycles. The number of ether oxygens (including phenoxy) is 2. The SMILES string of the molecule is COc1ccc2c(O[C@@H]3C[C@H]4C(=O)C[C@]5(C(=O)NS(=O)(=O)C6CC6)C[C@H]5/C=C\CCCCC[C@H](CC(=O)N5CCC(C(F)(F)F)CC5)C(=O)N4C3)nccc2c1Cl. The number of fused-ring (bicyclic) bond motifs is 3. The second-order valence-corrected chi connectivity index (χ2v) is 18.6. The van der Waals surface area contributed by atoms with Gasteiger partial charge in [0.2, 0.25) is 33.6 Å². The van der Waals surface area contributed by atoms with Crippen LogP contribution in [-0.2, 0) is 29.2 Å². The first kappa shape index (κ1) is 41.2. The Hall–Kier alpha value is -3.92. The molecule has 17 heteroatoms. The standard InChI is InChI=1S/C40H48ClF3N4O8S/c1-55-33-12-11-30-29(35(33)41)13-16-45-36(30)56-27-20-31-32(49)22-39(38(52)46-57(53,54)28-9-10-28)21-26(39)8-6-4-2-3-5-7-24(37(51)48(31)23-27)19-34(50)47-17-14-25(15-18-47)40(42,43)44/h6,8,11-13,16,24-28,31H,2-5,7,9-10,14-15,17-23H2,1H3,(H,46,52)/b8-6-/t24-,26-,27-,31+,39-/m1/s1. The van der Waals surface area contributed by atoms with Gasteiger partial charge in [0, 0.05) is 55.2 Å². The second kappa shape index (κ2) is 16.4. The molecule has 57 heavy (non-hydrogen) atoms. The molecule has 0 radical (unpaired) electrons. The van der Waals surface area contributed by atoms with Crippen LogP contribution in [0.3, 0.4) is 0 Å². The van der Waals surface area contributed by atoms with Gasteiger partial charge in [0.05, 0.1) is 41.3 Å². The Labute approximate surface area is 334 Å². The number of ketones is 1. The molecule has 3 aliphatic heterocycles. The Balaban J connectivity index is 1.17. The van der Waals surface area contributed by atoms with E-state index in [4.69, 9.17) is 21.1 Å². The minimum atomic E-state index is -4.34. The van der Waals surface area contributed by atoms with Crippen molar-refractivity contribution >= 4 is 55.9 Å². The molecule has 0 bridgehead atoms. The molecular formula is C40H48ClF3N4O8S. The number of nitrogens with zero attached hydrogens (tertiary/aromatic N) is 3. The van der Waals surface area contributed by atoms with Crippen molar-refractivity contribution in [2.24, 2.45) is 23.2 Å². The number of Topliss-reactive ketones (excluding diaryl/α,β-unsaturated/α-hetero) is 1. The summed E-state index contributed by atoms with van der Waals surface area (Å²) in [5.74, 6) is -4.07. The van der Waals surface area contributed by atoms with E-state index >= 15 is 0 Å². The first-order chi connectivity index (χ1) is 27.1. The number of pyridine rings is 1. The summed E-state index contributed by atoms with van der Waals surface area (Å²) in [5.41, 5.74) is -1.31. The number of amides is 3. The van der Waals surface area contributed by atoms with Gasteiger partial charge >= 0.3 is 6.18 Å². The molecule has 1 N–H and O–H groups in total. The van der Waals surface area contributed by atoms with Gasteiger partial charge in [0.15, 0.2) is 5.78 Å². The lowest BCUT2D eigenvalue weighted by Crippen LogP contribution is -2.47. The Bertz CT molecular complexity index is 2040. The average molecular weight is 837 g/mol. The molecule has 4 heterocycles. The topological polar surface area (TPSA) is 152 Å². The highest BCUT2D eigenvalue weighted by Gasteiger charge is 2.61. The van der Waals surface area contributed by atoms with Crippen LogP contribution < -0.4 is 14.2 Å². The molecule has 12 nitrogen and oxygen atoms in total. The highest BCUT2D eigenvalue weighted by atomic mass is 35.5. The molecule has 5 aliphatic rings. The fraction of sp³-hybridized carbons (Fsp3) is 0.625. The Morgan fingerprint density at radius 2 is 1.79 bits per heavy atom. The van der Waals surface area contributed by atoms with E-state index in [-0.39, 0.29) is 70.0 Å². The van der Waals surface area contributed by atoms with Crippen LogP contribution in [0.1, 0.15) is 83.5 Å². The summed E-state index contributed by atoms with van der Waals surface area (Å²) < 4.78 is 79.9. The maximum Gasteiger partial charge on any atom is 0.391 e. The van der Waals surface area contributed by atoms with Crippen LogP contribution in [0.2, 0.25) is 5.02 Å². The van der Waals surface area contributed by atoms with Crippen molar-refractivity contribution in [2.75, 3.05) is 26.7 Å². The molecule has 2 aromatic rings. The summed E-state index contributed by atoms with van der Waals surface area (Å²) >= 11 is 6.59. The molecule has 310 valence electrons. The zero-order valence-corrected chi connectivity index (χ0v) is 33.3. The zero-order valence-electron chi connectivity index (χ0n) is 31.8. The maximum atomic E-state index is 14.7. The first-order valence-corrected chi connectivity index (χ1v) is 21.7. The van der Waals surface area contributed by atoms with Crippen LogP contribution in [0, 0.1) is 23.2 Å². The quantitative estimate of drug-likeness (QED) is 0.309. The van der Waals surface area contributed by atoms with Crippen molar-refractivity contribution in [3.63, 3.8) is 0 Å². The predicted octanol–water partition coefficient (Wildman–Crippen LogP) is 6.15. The van der Waals surface area contributed by atoms with Crippen LogP contribution in [0.5, 0.6) is 11.6 Å². The number of halogens is 4. The van der Waals surface area contributed by atoms with Crippen LogP contribution in [0.15, 0.2) is 36.5 Å². The maximum absolute atomic E-state index is 14.7. The van der Waals surface area contributed by atoms with Crippen molar-refractivity contribution < 1.29 is 50.2 Å². The smallest absolute Gasteiger partial charge is 0.391 e. The lowest BCUT2D eigenvalue weighted by atomic mass is 9.90. The normalized spacial score (nSPS) is 28.5. The molecule has 2 saturated heterocycles. The summed E-state index contributed by atoms with van der Waals surface area (Å²) in [6.45, 7) is -0.170. The monoisotopic (exact) mass is 836 g/mol. The van der Waals surface area contributed by atoms with Crippen molar-refractivity contribution in [1.29, 1.82) is 0 Å². The van der Waals surface area contributed by atoms with Gasteiger partial charge in [-0.05, 0) is 75.5 Å². The molecule has 1 aromatic carbocycles. The number of rotatable bonds is 8. The molecular weight excluding hydrogens is 789 g/mol. The molecule has 3 amide bonds. The lowest BCUT2D eigenvalue weighted by molar-refractivity contribution is -0.186. The number of carbonyl (C=O) groups excluding carboxylic acids is 4. The number of methoxy groups -OCH3 is 1. The number of nitrogens with one attached hydrogen (secondary N) is 1. The number of benzene rings is 1. The van der Waals surface area contributed by atoms with Crippen LogP contribution in [-0.4, -0.2) is 97.0 Å². The second-order valence-electron chi connectivity index (χ2n) is 16.2. The van der Waals surface area contributed by atoms with Gasteiger partial charge in [-0.1, -0.05) is 36.6 Å². The minimum absolute atomic E-state index is 0.0384. The number of aromatic nitrogens is 1. The highest BCUT2D eigenvalue weighted by Crippen LogP contribution is 2.57. The number of hydrogen-bond acceptors (Lipinski definition) is 9. The third kappa shape index (κ3) is 8.91. The summed E-state index contributed by atoms with van der Waals surface area (Å²) in [7, 11) is -2.40. The van der Waals surface area contributed by atoms with E-state index in [2.05, 4.69) is 9.71 Å². The minimum Gasteiger partial charge on any atom is -0.495 e. The fourth-order valence-electron chi connectivity index (χ4n) is 8.70. The van der Waals surface area contributed by atoms with E-state index in [1.165, 1.54) is 23.1 Å². The molecule has 1 aromatic heterocycles. The first-order valence-electron chi connectivity index (χ1n) is 19.8. The van der Waals surface area contributed by atoms with Gasteiger partial charge in [-0.3, -0.25) is 23.9 Å². The number of allylic oxidation sites excluding steroid dienone is 2. The van der Waals surface area contributed by atoms with Gasteiger partial charge < -0.3 is 19.3 Å². The largest absolute Gasteiger partial charge is 0.495 e. The van der Waals surface area contributed by atoms with Gasteiger partial charge in [0.25, 0.3) is 0 Å². The third-order valence-electron chi connectivity index (χ3n) is 12.4. The molecule has 0 unspecified atom stereocenters. The molecule has 5 atom stereocenters. The Kier molecular flexibility index (Phi) is 11.9. The third-order valence-corrected chi connectivity index (χ3v) is 14.6. The van der Waals surface area contributed by atoms with Crippen LogP contribution >= 0.6 is 11.6 Å². The van der Waals surface area contributed by atoms with Crippen LogP contribution in [0.4, 0.5) is 13.2 Å². The van der Waals surface area contributed by atoms with Gasteiger partial charge in [-0.15, -0.1) is 0 Å². The fourth-order valence-corrected chi connectivity index (χ4v) is 10.4. The number of sulfonamides is 1. The van der Waals surface area contributed by atoms with Crippen molar-refractivity contribution in [1.82, 2.24) is 19.5 Å². The van der Waals surface area contributed by atoms with E-state index < -0.39 is 74.4 Å². The molecule has 0 spiro atoms. The van der Waals surface area contributed by atoms with Crippen LogP contribution in [0.25, 0.3) is 10.8 Å². The molecule has 7 rings (SSSR count).